The van der Waals surface area contributed by atoms with Crippen molar-refractivity contribution in [3.8, 4) is 0 Å². The van der Waals surface area contributed by atoms with Gasteiger partial charge in [-0.3, -0.25) is 4.68 Å². The van der Waals surface area contributed by atoms with Crippen molar-refractivity contribution in [2.45, 2.75) is 64.8 Å². The summed E-state index contributed by atoms with van der Waals surface area (Å²) in [5.41, 5.74) is 8.94. The highest BCUT2D eigenvalue weighted by molar-refractivity contribution is 6.31. The first-order valence-corrected chi connectivity index (χ1v) is 7.57. The fourth-order valence-electron chi connectivity index (χ4n) is 3.14. The fourth-order valence-corrected chi connectivity index (χ4v) is 3.37. The van der Waals surface area contributed by atoms with Crippen LogP contribution in [-0.4, -0.2) is 15.3 Å². The van der Waals surface area contributed by atoms with Crippen molar-refractivity contribution in [3.63, 3.8) is 0 Å². The molecule has 1 saturated carbocycles. The molecular weight excluding hydrogens is 258 g/mol. The molecular formula is C15H26ClN3. The Hall–Kier alpha value is -0.540. The molecule has 0 radical (unpaired) electrons. The predicted octanol–water partition coefficient (Wildman–Crippen LogP) is 3.61. The summed E-state index contributed by atoms with van der Waals surface area (Å²) in [6.45, 7) is 6.64. The number of rotatable bonds is 2. The quantitative estimate of drug-likeness (QED) is 0.843. The first-order valence-electron chi connectivity index (χ1n) is 7.19. The number of aromatic nitrogens is 2. The molecule has 0 aromatic carbocycles. The fraction of sp³-hybridized carbons (Fsp3) is 0.800. The van der Waals surface area contributed by atoms with Gasteiger partial charge in [-0.15, -0.1) is 0 Å². The van der Waals surface area contributed by atoms with E-state index in [-0.39, 0.29) is 5.54 Å². The van der Waals surface area contributed by atoms with Crippen LogP contribution in [0.1, 0.15) is 57.3 Å². The van der Waals surface area contributed by atoms with E-state index in [0.717, 1.165) is 35.7 Å². The molecule has 19 heavy (non-hydrogen) atoms. The van der Waals surface area contributed by atoms with E-state index >= 15 is 0 Å². The number of halogens is 1. The van der Waals surface area contributed by atoms with E-state index in [1.807, 2.05) is 18.7 Å². The van der Waals surface area contributed by atoms with Crippen LogP contribution in [0.2, 0.25) is 5.02 Å². The zero-order valence-corrected chi connectivity index (χ0v) is 13.3. The third-order valence-electron chi connectivity index (χ3n) is 4.61. The van der Waals surface area contributed by atoms with Gasteiger partial charge in [0.05, 0.1) is 16.4 Å². The maximum Gasteiger partial charge on any atom is 0.0847 e. The molecule has 2 rings (SSSR count). The second-order valence-electron chi connectivity index (χ2n) is 7.03. The van der Waals surface area contributed by atoms with Gasteiger partial charge >= 0.3 is 0 Å². The smallest absolute Gasteiger partial charge is 0.0847 e. The molecule has 1 unspecified atom stereocenters. The van der Waals surface area contributed by atoms with E-state index in [1.165, 1.54) is 19.3 Å². The number of hydrogen-bond donors (Lipinski definition) is 1. The first-order chi connectivity index (χ1) is 8.72. The minimum absolute atomic E-state index is 0.127. The average molecular weight is 284 g/mol. The Bertz CT molecular complexity index is 464. The Morgan fingerprint density at radius 1 is 1.26 bits per heavy atom. The summed E-state index contributed by atoms with van der Waals surface area (Å²) in [5.74, 6) is 0. The summed E-state index contributed by atoms with van der Waals surface area (Å²) in [7, 11) is 1.96. The van der Waals surface area contributed by atoms with Gasteiger partial charge in [0.1, 0.15) is 0 Å². The number of nitrogens with two attached hydrogens (primary N) is 1. The minimum Gasteiger partial charge on any atom is -0.325 e. The molecule has 2 N–H and O–H groups in total. The van der Waals surface area contributed by atoms with Crippen LogP contribution < -0.4 is 5.73 Å². The maximum absolute atomic E-state index is 6.66. The van der Waals surface area contributed by atoms with Crippen LogP contribution in [0.4, 0.5) is 0 Å². The van der Waals surface area contributed by atoms with Crippen molar-refractivity contribution in [1.82, 2.24) is 9.78 Å². The van der Waals surface area contributed by atoms with Crippen molar-refractivity contribution in [1.29, 1.82) is 0 Å². The van der Waals surface area contributed by atoms with E-state index < -0.39 is 0 Å². The van der Waals surface area contributed by atoms with Gasteiger partial charge < -0.3 is 5.73 Å². The van der Waals surface area contributed by atoms with Gasteiger partial charge in [0.15, 0.2) is 0 Å². The van der Waals surface area contributed by atoms with Crippen LogP contribution in [0.15, 0.2) is 0 Å². The Kier molecular flexibility index (Phi) is 3.99. The zero-order chi connectivity index (χ0) is 14.3. The van der Waals surface area contributed by atoms with Crippen LogP contribution >= 0.6 is 11.6 Å². The van der Waals surface area contributed by atoms with Gasteiger partial charge in [0.25, 0.3) is 0 Å². The summed E-state index contributed by atoms with van der Waals surface area (Å²) in [5, 5.41) is 5.18. The molecule has 1 fully saturated rings. The summed E-state index contributed by atoms with van der Waals surface area (Å²) < 4.78 is 1.89. The molecule has 0 amide bonds. The highest BCUT2D eigenvalue weighted by Gasteiger charge is 2.34. The third-order valence-corrected chi connectivity index (χ3v) is 5.10. The normalized spacial score (nSPS) is 27.3. The largest absolute Gasteiger partial charge is 0.325 e. The summed E-state index contributed by atoms with van der Waals surface area (Å²) in [6.07, 6.45) is 6.65. The molecule has 0 spiro atoms. The lowest BCUT2D eigenvalue weighted by molar-refractivity contribution is 0.295. The molecule has 1 aromatic heterocycles. The van der Waals surface area contributed by atoms with E-state index in [4.69, 9.17) is 17.3 Å². The van der Waals surface area contributed by atoms with Crippen molar-refractivity contribution < 1.29 is 0 Å². The molecule has 1 aromatic rings. The van der Waals surface area contributed by atoms with Gasteiger partial charge in [-0.1, -0.05) is 31.9 Å². The Balaban J connectivity index is 2.17. The van der Waals surface area contributed by atoms with Crippen LogP contribution in [0.25, 0.3) is 0 Å². The Morgan fingerprint density at radius 2 is 1.95 bits per heavy atom. The zero-order valence-electron chi connectivity index (χ0n) is 12.6. The maximum atomic E-state index is 6.66. The van der Waals surface area contributed by atoms with Crippen LogP contribution in [-0.2, 0) is 13.5 Å². The number of nitrogens with zero attached hydrogens (tertiary/aromatic N) is 2. The van der Waals surface area contributed by atoms with Crippen molar-refractivity contribution in [2.75, 3.05) is 0 Å². The molecule has 4 heteroatoms. The molecule has 3 nitrogen and oxygen atoms in total. The lowest BCUT2D eigenvalue weighted by Crippen LogP contribution is -2.42. The highest BCUT2D eigenvalue weighted by Crippen LogP contribution is 2.39. The first kappa shape index (κ1) is 14.9. The third kappa shape index (κ3) is 3.32. The van der Waals surface area contributed by atoms with Gasteiger partial charge in [-0.25, -0.2) is 0 Å². The minimum atomic E-state index is -0.127. The van der Waals surface area contributed by atoms with Crippen molar-refractivity contribution in [2.24, 2.45) is 18.2 Å². The standard InChI is InChI=1S/C15H26ClN3/c1-11-13(16)12(19(4)18-11)10-15(17)7-5-6-14(2,3)8-9-15/h5-10,17H2,1-4H3. The van der Waals surface area contributed by atoms with Crippen molar-refractivity contribution in [3.05, 3.63) is 16.4 Å². The van der Waals surface area contributed by atoms with Gasteiger partial charge in [0.2, 0.25) is 0 Å². The van der Waals surface area contributed by atoms with Gasteiger partial charge in [0, 0.05) is 19.0 Å². The van der Waals surface area contributed by atoms with E-state index in [0.29, 0.717) is 5.41 Å². The molecule has 1 heterocycles. The van der Waals surface area contributed by atoms with E-state index in [2.05, 4.69) is 18.9 Å². The molecule has 1 aliphatic carbocycles. The monoisotopic (exact) mass is 283 g/mol. The van der Waals surface area contributed by atoms with Crippen molar-refractivity contribution >= 4 is 11.6 Å². The molecule has 1 atom stereocenters. The second kappa shape index (κ2) is 5.10. The lowest BCUT2D eigenvalue weighted by atomic mass is 9.82. The van der Waals surface area contributed by atoms with Crippen LogP contribution in [0.3, 0.4) is 0 Å². The highest BCUT2D eigenvalue weighted by atomic mass is 35.5. The predicted molar refractivity (Wildman–Crippen MR) is 80.4 cm³/mol. The molecule has 0 aliphatic heterocycles. The topological polar surface area (TPSA) is 43.8 Å². The molecule has 0 bridgehead atoms. The van der Waals surface area contributed by atoms with Gasteiger partial charge in [-0.2, -0.15) is 5.10 Å². The summed E-state index contributed by atoms with van der Waals surface area (Å²) >= 11 is 6.35. The summed E-state index contributed by atoms with van der Waals surface area (Å²) in [6, 6.07) is 0. The second-order valence-corrected chi connectivity index (χ2v) is 7.40. The van der Waals surface area contributed by atoms with Gasteiger partial charge in [-0.05, 0) is 38.0 Å². The Morgan fingerprint density at radius 3 is 2.53 bits per heavy atom. The lowest BCUT2D eigenvalue weighted by Gasteiger charge is -2.29. The van der Waals surface area contributed by atoms with Crippen LogP contribution in [0, 0.1) is 12.3 Å². The molecule has 0 saturated heterocycles. The van der Waals surface area contributed by atoms with E-state index in [1.54, 1.807) is 0 Å². The molecule has 108 valence electrons. The average Bonchev–Trinajstić information content (AvgIpc) is 2.47. The molecule has 1 aliphatic rings. The summed E-state index contributed by atoms with van der Waals surface area (Å²) in [4.78, 5) is 0. The number of aryl methyl sites for hydroxylation is 2. The van der Waals surface area contributed by atoms with E-state index in [9.17, 15) is 0 Å². The van der Waals surface area contributed by atoms with Crippen LogP contribution in [0.5, 0.6) is 0 Å². The number of hydrogen-bond acceptors (Lipinski definition) is 2. The Labute approximate surface area is 121 Å². The SMILES string of the molecule is Cc1nn(C)c(CC2(N)CCCC(C)(C)CC2)c1Cl.